The average molecular weight is 601 g/mol. The molecule has 5 rings (SSSR count). The van der Waals surface area contributed by atoms with Crippen LogP contribution in [-0.2, 0) is 6.42 Å². The van der Waals surface area contributed by atoms with E-state index in [9.17, 15) is 0 Å². The van der Waals surface area contributed by atoms with Crippen molar-refractivity contribution in [2.45, 2.75) is 38.9 Å². The lowest BCUT2D eigenvalue weighted by atomic mass is 10.1. The van der Waals surface area contributed by atoms with Gasteiger partial charge in [-0.3, -0.25) is 4.98 Å². The summed E-state index contributed by atoms with van der Waals surface area (Å²) in [4.78, 5) is 15.6. The third-order valence-corrected chi connectivity index (χ3v) is 8.74. The van der Waals surface area contributed by atoms with Gasteiger partial charge in [-0.15, -0.1) is 11.3 Å². The third kappa shape index (κ3) is 8.31. The van der Waals surface area contributed by atoms with Crippen molar-refractivity contribution in [1.82, 2.24) is 19.8 Å². The monoisotopic (exact) mass is 600 g/mol. The smallest absolute Gasteiger partial charge is 0.241 e. The highest BCUT2D eigenvalue weighted by atomic mass is 32.1. The third-order valence-electron chi connectivity index (χ3n) is 7.57. The average Bonchev–Trinajstić information content (AvgIpc) is 3.48. The van der Waals surface area contributed by atoms with Gasteiger partial charge in [-0.05, 0) is 80.6 Å². The van der Waals surface area contributed by atoms with Crippen LogP contribution in [0.2, 0.25) is 0 Å². The molecule has 2 aromatic carbocycles. The normalized spacial score (nSPS) is 15.3. The minimum atomic E-state index is -0.448. The van der Waals surface area contributed by atoms with E-state index in [0.717, 1.165) is 86.0 Å². The first-order valence-electron chi connectivity index (χ1n) is 14.8. The molecular formula is C33H40N6O3S. The molecule has 0 spiro atoms. The Hall–Kier alpha value is -3.99. The summed E-state index contributed by atoms with van der Waals surface area (Å²) in [7, 11) is 2.19. The number of amidine groups is 1. The number of oxime groups is 1. The summed E-state index contributed by atoms with van der Waals surface area (Å²) in [6, 6.07) is 19.3. The van der Waals surface area contributed by atoms with Crippen molar-refractivity contribution in [1.29, 1.82) is 0 Å². The van der Waals surface area contributed by atoms with Gasteiger partial charge in [0, 0.05) is 73.1 Å². The van der Waals surface area contributed by atoms with Gasteiger partial charge in [-0.1, -0.05) is 18.5 Å². The maximum absolute atomic E-state index is 8.92. The minimum absolute atomic E-state index is 0.0561. The molecule has 3 N–H and O–H groups in total. The van der Waals surface area contributed by atoms with E-state index in [4.69, 9.17) is 25.4 Å². The fraction of sp³-hybridized carbons (Fsp3) is 0.364. The van der Waals surface area contributed by atoms with Crippen LogP contribution in [0.15, 0.2) is 78.2 Å². The summed E-state index contributed by atoms with van der Waals surface area (Å²) < 4.78 is 12.5. The lowest BCUT2D eigenvalue weighted by molar-refractivity contribution is -0.00211. The van der Waals surface area contributed by atoms with Crippen molar-refractivity contribution in [3.05, 3.63) is 83.5 Å². The Balaban J connectivity index is 1.31. The van der Waals surface area contributed by atoms with E-state index in [0.29, 0.717) is 11.3 Å². The zero-order valence-electron chi connectivity index (χ0n) is 24.9. The number of ether oxygens (including phenoxy) is 2. The molecule has 2 aromatic heterocycles. The maximum atomic E-state index is 8.92. The standard InChI is InChI=1S/C33H40N6O3S/c1-3-4-7-30(42-28-14-10-25(11-15-28)32(34)37-40)41-27-12-8-24(9-13-27)31-29(16-18-39-21-19-38(2)20-22-39)43-33(36-31)26-6-5-17-35-23-26/h5-6,8-15,17,23,30,40H,3-4,7,16,18-22H2,1-2H3,(H2,34,37). The molecule has 0 radical (unpaired) electrons. The summed E-state index contributed by atoms with van der Waals surface area (Å²) >= 11 is 1.76. The van der Waals surface area contributed by atoms with Crippen molar-refractivity contribution in [2.75, 3.05) is 39.8 Å². The molecule has 1 aliphatic heterocycles. The number of pyridine rings is 1. The van der Waals surface area contributed by atoms with Crippen LogP contribution >= 0.6 is 11.3 Å². The van der Waals surface area contributed by atoms with Gasteiger partial charge in [-0.25, -0.2) is 4.98 Å². The number of aromatic nitrogens is 2. The summed E-state index contributed by atoms with van der Waals surface area (Å²) in [6.07, 6.45) is 6.93. The Morgan fingerprint density at radius 1 is 1.00 bits per heavy atom. The van der Waals surface area contributed by atoms with Crippen LogP contribution in [0.3, 0.4) is 0 Å². The molecule has 0 amide bonds. The summed E-state index contributed by atoms with van der Waals surface area (Å²) in [5.41, 5.74) is 9.43. The molecular weight excluding hydrogens is 560 g/mol. The molecule has 1 atom stereocenters. The Morgan fingerprint density at radius 3 is 2.33 bits per heavy atom. The molecule has 1 fully saturated rings. The Morgan fingerprint density at radius 2 is 1.70 bits per heavy atom. The lowest BCUT2D eigenvalue weighted by Gasteiger charge is -2.32. The first-order chi connectivity index (χ1) is 21.0. The second-order valence-corrected chi connectivity index (χ2v) is 11.9. The van der Waals surface area contributed by atoms with Crippen LogP contribution in [0, 0.1) is 0 Å². The van der Waals surface area contributed by atoms with E-state index in [2.05, 4.69) is 52.1 Å². The van der Waals surface area contributed by atoms with Crippen LogP contribution in [0.25, 0.3) is 21.8 Å². The molecule has 0 aliphatic carbocycles. The molecule has 10 heteroatoms. The van der Waals surface area contributed by atoms with Crippen molar-refractivity contribution in [3.8, 4) is 33.3 Å². The minimum Gasteiger partial charge on any atom is -0.455 e. The number of nitrogens with two attached hydrogens (primary N) is 1. The zero-order valence-corrected chi connectivity index (χ0v) is 25.7. The molecule has 9 nitrogen and oxygen atoms in total. The fourth-order valence-corrected chi connectivity index (χ4v) is 6.02. The highest BCUT2D eigenvalue weighted by molar-refractivity contribution is 7.15. The molecule has 1 unspecified atom stereocenters. The Kier molecular flexibility index (Phi) is 10.6. The van der Waals surface area contributed by atoms with Crippen LogP contribution < -0.4 is 15.2 Å². The number of hydrogen-bond acceptors (Lipinski definition) is 9. The first-order valence-corrected chi connectivity index (χ1v) is 15.7. The van der Waals surface area contributed by atoms with Crippen molar-refractivity contribution in [2.24, 2.45) is 10.9 Å². The molecule has 1 aliphatic rings. The van der Waals surface area contributed by atoms with Crippen LogP contribution in [0.4, 0.5) is 0 Å². The SMILES string of the molecule is CCCCC(Oc1ccc(C(N)=NO)cc1)Oc1ccc(-c2nc(-c3cccnc3)sc2CCN2CCN(C)CC2)cc1. The molecule has 4 aromatic rings. The van der Waals surface area contributed by atoms with Crippen molar-refractivity contribution in [3.63, 3.8) is 0 Å². The number of hydrogen-bond donors (Lipinski definition) is 2. The van der Waals surface area contributed by atoms with Crippen LogP contribution in [0.5, 0.6) is 11.5 Å². The second-order valence-electron chi connectivity index (χ2n) is 10.8. The predicted octanol–water partition coefficient (Wildman–Crippen LogP) is 5.73. The number of likely N-dealkylation sites (N-methyl/N-ethyl adjacent to an activating group) is 1. The van der Waals surface area contributed by atoms with Gasteiger partial charge in [0.05, 0.1) is 5.69 Å². The van der Waals surface area contributed by atoms with E-state index in [-0.39, 0.29) is 5.84 Å². The van der Waals surface area contributed by atoms with Crippen molar-refractivity contribution < 1.29 is 14.7 Å². The summed E-state index contributed by atoms with van der Waals surface area (Å²) in [5, 5.41) is 13.0. The van der Waals surface area contributed by atoms with E-state index >= 15 is 0 Å². The summed E-state index contributed by atoms with van der Waals surface area (Å²) in [5.74, 6) is 1.45. The van der Waals surface area contributed by atoms with Gasteiger partial charge < -0.3 is 30.2 Å². The first kappa shape index (κ1) is 30.5. The highest BCUT2D eigenvalue weighted by Gasteiger charge is 2.19. The highest BCUT2D eigenvalue weighted by Crippen LogP contribution is 2.35. The molecule has 3 heterocycles. The Labute approximate surface area is 257 Å². The molecule has 0 saturated carbocycles. The number of thiazole rings is 1. The zero-order chi connectivity index (χ0) is 30.0. The van der Waals surface area contributed by atoms with Gasteiger partial charge in [0.2, 0.25) is 6.29 Å². The van der Waals surface area contributed by atoms with E-state index in [1.165, 1.54) is 4.88 Å². The van der Waals surface area contributed by atoms with Crippen LogP contribution in [0.1, 0.15) is 36.6 Å². The maximum Gasteiger partial charge on any atom is 0.241 e. The largest absolute Gasteiger partial charge is 0.455 e. The quantitative estimate of drug-likeness (QED) is 0.0659. The number of nitrogens with zero attached hydrogens (tertiary/aromatic N) is 5. The van der Waals surface area contributed by atoms with Gasteiger partial charge in [0.1, 0.15) is 16.5 Å². The van der Waals surface area contributed by atoms with E-state index < -0.39 is 6.29 Å². The van der Waals surface area contributed by atoms with E-state index in [1.54, 1.807) is 41.8 Å². The second kappa shape index (κ2) is 15.0. The fourth-order valence-electron chi connectivity index (χ4n) is 4.96. The number of unbranched alkanes of at least 4 members (excludes halogenated alkanes) is 1. The molecule has 1 saturated heterocycles. The lowest BCUT2D eigenvalue weighted by Crippen LogP contribution is -2.45. The number of piperazine rings is 1. The van der Waals surface area contributed by atoms with Crippen LogP contribution in [-0.4, -0.2) is 76.9 Å². The topological polar surface area (TPSA) is 109 Å². The number of rotatable bonds is 13. The predicted molar refractivity (Wildman–Crippen MR) is 172 cm³/mol. The van der Waals surface area contributed by atoms with Gasteiger partial charge in [0.15, 0.2) is 5.84 Å². The molecule has 43 heavy (non-hydrogen) atoms. The molecule has 0 bridgehead atoms. The number of benzene rings is 2. The van der Waals surface area contributed by atoms with Gasteiger partial charge >= 0.3 is 0 Å². The van der Waals surface area contributed by atoms with E-state index in [1.807, 2.05) is 24.4 Å². The summed E-state index contributed by atoms with van der Waals surface area (Å²) in [6.45, 7) is 7.59. The molecule has 226 valence electrons. The van der Waals surface area contributed by atoms with Gasteiger partial charge in [-0.2, -0.15) is 0 Å². The van der Waals surface area contributed by atoms with Gasteiger partial charge in [0.25, 0.3) is 0 Å². The Bertz CT molecular complexity index is 1450. The van der Waals surface area contributed by atoms with Crippen molar-refractivity contribution >= 4 is 17.2 Å².